The highest BCUT2D eigenvalue weighted by Gasteiger charge is 2.17. The first kappa shape index (κ1) is 10.3. The summed E-state index contributed by atoms with van der Waals surface area (Å²) in [6.45, 7) is 4.88. The maximum atomic E-state index is 8.84. The van der Waals surface area contributed by atoms with E-state index < -0.39 is 0 Å². The van der Waals surface area contributed by atoms with Crippen LogP contribution in [0.2, 0.25) is 0 Å². The third-order valence-electron chi connectivity index (χ3n) is 2.66. The topological polar surface area (TPSA) is 32.7 Å². The van der Waals surface area contributed by atoms with Crippen molar-refractivity contribution in [3.8, 4) is 5.75 Å². The van der Waals surface area contributed by atoms with E-state index in [-0.39, 0.29) is 6.61 Å². The molecule has 0 unspecified atom stereocenters. The number of nitrogens with zero attached hydrogens (tertiary/aromatic N) is 1. The molecule has 0 amide bonds. The number of ether oxygens (including phenoxy) is 1. The van der Waals surface area contributed by atoms with Crippen molar-refractivity contribution in [3.05, 3.63) is 23.8 Å². The lowest BCUT2D eigenvalue weighted by atomic mass is 10.1. The van der Waals surface area contributed by atoms with Gasteiger partial charge in [-0.05, 0) is 31.0 Å². The van der Waals surface area contributed by atoms with Crippen molar-refractivity contribution in [2.75, 3.05) is 31.2 Å². The van der Waals surface area contributed by atoms with E-state index in [2.05, 4.69) is 24.0 Å². The molecule has 0 fully saturated rings. The number of anilines is 1. The van der Waals surface area contributed by atoms with Gasteiger partial charge in [-0.25, -0.2) is 0 Å². The van der Waals surface area contributed by atoms with Crippen LogP contribution in [0.5, 0.6) is 5.75 Å². The normalized spacial score (nSPS) is 14.7. The minimum Gasteiger partial charge on any atom is -0.490 e. The van der Waals surface area contributed by atoms with Gasteiger partial charge in [-0.15, -0.1) is 0 Å². The molecule has 0 saturated carbocycles. The van der Waals surface area contributed by atoms with Gasteiger partial charge in [-0.1, -0.05) is 6.07 Å². The fourth-order valence-corrected chi connectivity index (χ4v) is 1.88. The Bertz CT molecular complexity index is 338. The molecule has 0 aliphatic carbocycles. The van der Waals surface area contributed by atoms with E-state index in [0.29, 0.717) is 0 Å². The van der Waals surface area contributed by atoms with Gasteiger partial charge in [0.05, 0.1) is 12.2 Å². The second kappa shape index (κ2) is 4.53. The van der Waals surface area contributed by atoms with E-state index >= 15 is 0 Å². The summed E-state index contributed by atoms with van der Waals surface area (Å²) in [4.78, 5) is 2.28. The van der Waals surface area contributed by atoms with Gasteiger partial charge < -0.3 is 14.7 Å². The maximum absolute atomic E-state index is 8.84. The van der Waals surface area contributed by atoms with Crippen molar-refractivity contribution in [3.63, 3.8) is 0 Å². The number of aliphatic hydroxyl groups is 1. The summed E-state index contributed by atoms with van der Waals surface area (Å²) < 4.78 is 5.58. The Morgan fingerprint density at radius 2 is 2.33 bits per heavy atom. The van der Waals surface area contributed by atoms with E-state index in [4.69, 9.17) is 9.84 Å². The highest BCUT2D eigenvalue weighted by atomic mass is 16.5. The van der Waals surface area contributed by atoms with Crippen molar-refractivity contribution in [1.29, 1.82) is 0 Å². The summed E-state index contributed by atoms with van der Waals surface area (Å²) in [6, 6.07) is 6.23. The number of hydrogen-bond donors (Lipinski definition) is 1. The van der Waals surface area contributed by atoms with Crippen LogP contribution in [0, 0.1) is 6.92 Å². The van der Waals surface area contributed by atoms with Gasteiger partial charge in [-0.2, -0.15) is 0 Å². The van der Waals surface area contributed by atoms with Crippen LogP contribution in [0.3, 0.4) is 0 Å². The second-order valence-corrected chi connectivity index (χ2v) is 3.88. The summed E-state index contributed by atoms with van der Waals surface area (Å²) in [5.41, 5.74) is 2.41. The van der Waals surface area contributed by atoms with Crippen LogP contribution in [0.1, 0.15) is 12.0 Å². The highest BCUT2D eigenvalue weighted by molar-refractivity contribution is 5.61. The molecule has 15 heavy (non-hydrogen) atoms. The zero-order chi connectivity index (χ0) is 10.7. The van der Waals surface area contributed by atoms with Gasteiger partial charge in [0.1, 0.15) is 12.4 Å². The number of fused-ring (bicyclic) bond motifs is 1. The molecule has 82 valence electrons. The van der Waals surface area contributed by atoms with Gasteiger partial charge in [0.15, 0.2) is 0 Å². The van der Waals surface area contributed by atoms with Crippen LogP contribution in [-0.4, -0.2) is 31.4 Å². The Morgan fingerprint density at radius 1 is 1.47 bits per heavy atom. The molecule has 3 heteroatoms. The molecule has 1 aromatic rings. The Morgan fingerprint density at radius 3 is 3.13 bits per heavy atom. The fourth-order valence-electron chi connectivity index (χ4n) is 1.88. The SMILES string of the molecule is Cc1ccc2c(c1)N(CCCO)CCO2. The van der Waals surface area contributed by atoms with Gasteiger partial charge >= 0.3 is 0 Å². The number of aliphatic hydroxyl groups excluding tert-OH is 1. The number of benzene rings is 1. The van der Waals surface area contributed by atoms with E-state index in [9.17, 15) is 0 Å². The molecule has 2 rings (SSSR count). The minimum absolute atomic E-state index is 0.249. The molecule has 3 nitrogen and oxygen atoms in total. The van der Waals surface area contributed by atoms with Crippen LogP contribution in [0.15, 0.2) is 18.2 Å². The molecule has 0 aromatic heterocycles. The monoisotopic (exact) mass is 207 g/mol. The average Bonchev–Trinajstić information content (AvgIpc) is 2.26. The van der Waals surface area contributed by atoms with Crippen LogP contribution in [0.25, 0.3) is 0 Å². The number of rotatable bonds is 3. The maximum Gasteiger partial charge on any atom is 0.142 e. The third kappa shape index (κ3) is 2.23. The average molecular weight is 207 g/mol. The van der Waals surface area contributed by atoms with Crippen LogP contribution >= 0.6 is 0 Å². The molecule has 0 saturated heterocycles. The van der Waals surface area contributed by atoms with E-state index in [1.807, 2.05) is 6.07 Å². The lowest BCUT2D eigenvalue weighted by molar-refractivity contribution is 0.279. The zero-order valence-corrected chi connectivity index (χ0v) is 9.07. The van der Waals surface area contributed by atoms with Gasteiger partial charge in [0, 0.05) is 13.2 Å². The molecule has 1 N–H and O–H groups in total. The molecular weight excluding hydrogens is 190 g/mol. The van der Waals surface area contributed by atoms with Crippen LogP contribution in [-0.2, 0) is 0 Å². The molecule has 0 bridgehead atoms. The molecule has 1 aromatic carbocycles. The van der Waals surface area contributed by atoms with Crippen molar-refractivity contribution in [2.45, 2.75) is 13.3 Å². The second-order valence-electron chi connectivity index (χ2n) is 3.88. The number of aryl methyl sites for hydroxylation is 1. The fraction of sp³-hybridized carbons (Fsp3) is 0.500. The molecule has 0 radical (unpaired) electrons. The van der Waals surface area contributed by atoms with Crippen LogP contribution in [0.4, 0.5) is 5.69 Å². The van der Waals surface area contributed by atoms with Crippen molar-refractivity contribution >= 4 is 5.69 Å². The Balaban J connectivity index is 2.20. The lowest BCUT2D eigenvalue weighted by Gasteiger charge is -2.31. The van der Waals surface area contributed by atoms with Crippen molar-refractivity contribution < 1.29 is 9.84 Å². The highest BCUT2D eigenvalue weighted by Crippen LogP contribution is 2.32. The summed E-state index contributed by atoms with van der Waals surface area (Å²) in [6.07, 6.45) is 0.813. The van der Waals surface area contributed by atoms with Gasteiger partial charge in [-0.3, -0.25) is 0 Å². The third-order valence-corrected chi connectivity index (χ3v) is 2.66. The van der Waals surface area contributed by atoms with Gasteiger partial charge in [0.25, 0.3) is 0 Å². The molecule has 1 aliphatic rings. The lowest BCUT2D eigenvalue weighted by Crippen LogP contribution is -2.33. The molecule has 0 spiro atoms. The molecule has 0 atom stereocenters. The molecule has 1 aliphatic heterocycles. The standard InChI is InChI=1S/C12H17NO2/c1-10-3-4-12-11(9-10)13(5-2-7-14)6-8-15-12/h3-4,9,14H,2,5-8H2,1H3. The first-order valence-corrected chi connectivity index (χ1v) is 5.40. The summed E-state index contributed by atoms with van der Waals surface area (Å²) in [5, 5.41) is 8.84. The minimum atomic E-state index is 0.249. The quantitative estimate of drug-likeness (QED) is 0.816. The summed E-state index contributed by atoms with van der Waals surface area (Å²) >= 11 is 0. The van der Waals surface area contributed by atoms with Crippen molar-refractivity contribution in [1.82, 2.24) is 0 Å². The first-order chi connectivity index (χ1) is 7.31. The summed E-state index contributed by atoms with van der Waals surface area (Å²) in [7, 11) is 0. The van der Waals surface area contributed by atoms with Crippen molar-refractivity contribution in [2.24, 2.45) is 0 Å². The Labute approximate surface area is 90.3 Å². The Kier molecular flexibility index (Phi) is 3.11. The van der Waals surface area contributed by atoms with Crippen LogP contribution < -0.4 is 9.64 Å². The number of hydrogen-bond acceptors (Lipinski definition) is 3. The molecular formula is C12H17NO2. The predicted molar refractivity (Wildman–Crippen MR) is 60.6 cm³/mol. The molecule has 1 heterocycles. The first-order valence-electron chi connectivity index (χ1n) is 5.40. The zero-order valence-electron chi connectivity index (χ0n) is 9.07. The van der Waals surface area contributed by atoms with E-state index in [1.54, 1.807) is 0 Å². The summed E-state index contributed by atoms with van der Waals surface area (Å²) in [5.74, 6) is 0.963. The van der Waals surface area contributed by atoms with E-state index in [0.717, 1.165) is 37.6 Å². The van der Waals surface area contributed by atoms with E-state index in [1.165, 1.54) is 5.56 Å². The predicted octanol–water partition coefficient (Wildman–Crippen LogP) is 1.58. The smallest absolute Gasteiger partial charge is 0.142 e. The van der Waals surface area contributed by atoms with Gasteiger partial charge in [0.2, 0.25) is 0 Å². The largest absolute Gasteiger partial charge is 0.490 e. The Hall–Kier alpha value is -1.22.